The average molecular weight is 292 g/mol. The SMILES string of the molecule is COCCNCc1cccc(F)c1-n1cc(C(N)=O)cn1. The Bertz CT molecular complexity index is 627. The number of halogens is 1. The van der Waals surface area contributed by atoms with Gasteiger partial charge in [-0.3, -0.25) is 4.79 Å². The van der Waals surface area contributed by atoms with Gasteiger partial charge in [0.2, 0.25) is 0 Å². The number of rotatable bonds is 7. The minimum atomic E-state index is -0.600. The molecule has 1 heterocycles. The van der Waals surface area contributed by atoms with E-state index in [4.69, 9.17) is 10.5 Å². The fourth-order valence-electron chi connectivity index (χ4n) is 1.93. The molecule has 0 atom stereocenters. The highest BCUT2D eigenvalue weighted by atomic mass is 19.1. The number of aromatic nitrogens is 2. The minimum Gasteiger partial charge on any atom is -0.383 e. The molecule has 3 N–H and O–H groups in total. The second-order valence-corrected chi connectivity index (χ2v) is 4.45. The van der Waals surface area contributed by atoms with Gasteiger partial charge < -0.3 is 15.8 Å². The van der Waals surface area contributed by atoms with Gasteiger partial charge in [-0.2, -0.15) is 5.10 Å². The van der Waals surface area contributed by atoms with Crippen molar-refractivity contribution >= 4 is 5.91 Å². The van der Waals surface area contributed by atoms with Crippen LogP contribution in [0.15, 0.2) is 30.6 Å². The van der Waals surface area contributed by atoms with Gasteiger partial charge in [0.05, 0.1) is 18.4 Å². The lowest BCUT2D eigenvalue weighted by Crippen LogP contribution is -2.20. The zero-order valence-electron chi connectivity index (χ0n) is 11.7. The second kappa shape index (κ2) is 6.96. The number of benzene rings is 1. The summed E-state index contributed by atoms with van der Waals surface area (Å²) in [4.78, 5) is 11.1. The van der Waals surface area contributed by atoms with Crippen molar-refractivity contribution in [3.8, 4) is 5.69 Å². The summed E-state index contributed by atoms with van der Waals surface area (Å²) in [5.74, 6) is -1.02. The first-order valence-corrected chi connectivity index (χ1v) is 6.45. The lowest BCUT2D eigenvalue weighted by Gasteiger charge is -2.11. The van der Waals surface area contributed by atoms with Crippen molar-refractivity contribution < 1.29 is 13.9 Å². The summed E-state index contributed by atoms with van der Waals surface area (Å²) in [5, 5.41) is 7.14. The maximum absolute atomic E-state index is 14.1. The molecule has 2 rings (SSSR count). The van der Waals surface area contributed by atoms with E-state index in [-0.39, 0.29) is 5.56 Å². The van der Waals surface area contributed by atoms with Gasteiger partial charge in [0, 0.05) is 26.4 Å². The van der Waals surface area contributed by atoms with Gasteiger partial charge >= 0.3 is 0 Å². The predicted octanol–water partition coefficient (Wildman–Crippen LogP) is 0.846. The van der Waals surface area contributed by atoms with Crippen LogP contribution in [0.2, 0.25) is 0 Å². The van der Waals surface area contributed by atoms with Crippen LogP contribution in [-0.2, 0) is 11.3 Å². The van der Waals surface area contributed by atoms with E-state index in [1.54, 1.807) is 19.2 Å². The Morgan fingerprint density at radius 2 is 2.33 bits per heavy atom. The van der Waals surface area contributed by atoms with Crippen molar-refractivity contribution in [3.63, 3.8) is 0 Å². The van der Waals surface area contributed by atoms with Crippen LogP contribution < -0.4 is 11.1 Å². The number of ether oxygens (including phenoxy) is 1. The molecule has 0 saturated heterocycles. The summed E-state index contributed by atoms with van der Waals surface area (Å²) in [7, 11) is 1.62. The summed E-state index contributed by atoms with van der Waals surface area (Å²) in [6.45, 7) is 1.68. The fourth-order valence-corrected chi connectivity index (χ4v) is 1.93. The molecule has 7 heteroatoms. The number of primary amides is 1. The molecule has 0 unspecified atom stereocenters. The maximum Gasteiger partial charge on any atom is 0.251 e. The van der Waals surface area contributed by atoms with Crippen molar-refractivity contribution in [2.24, 2.45) is 5.73 Å². The number of nitrogens with two attached hydrogens (primary N) is 1. The van der Waals surface area contributed by atoms with Crippen LogP contribution in [0.5, 0.6) is 0 Å². The van der Waals surface area contributed by atoms with E-state index >= 15 is 0 Å². The van der Waals surface area contributed by atoms with Crippen LogP contribution in [0.3, 0.4) is 0 Å². The summed E-state index contributed by atoms with van der Waals surface area (Å²) < 4.78 is 20.4. The molecule has 0 aliphatic rings. The third kappa shape index (κ3) is 3.65. The monoisotopic (exact) mass is 292 g/mol. The van der Waals surface area contributed by atoms with Crippen molar-refractivity contribution in [3.05, 3.63) is 47.5 Å². The summed E-state index contributed by atoms with van der Waals surface area (Å²) in [6, 6.07) is 4.77. The number of amides is 1. The van der Waals surface area contributed by atoms with E-state index in [0.29, 0.717) is 25.4 Å². The minimum absolute atomic E-state index is 0.233. The normalized spacial score (nSPS) is 10.8. The molecule has 0 aliphatic carbocycles. The van der Waals surface area contributed by atoms with Crippen LogP contribution in [0.4, 0.5) is 4.39 Å². The number of carbonyl (C=O) groups excluding carboxylic acids is 1. The van der Waals surface area contributed by atoms with Crippen molar-refractivity contribution in [2.45, 2.75) is 6.54 Å². The summed E-state index contributed by atoms with van der Waals surface area (Å²) >= 11 is 0. The second-order valence-electron chi connectivity index (χ2n) is 4.45. The highest BCUT2D eigenvalue weighted by Crippen LogP contribution is 2.18. The first-order valence-electron chi connectivity index (χ1n) is 6.45. The third-order valence-electron chi connectivity index (χ3n) is 2.96. The fraction of sp³-hybridized carbons (Fsp3) is 0.286. The molecule has 0 fully saturated rings. The number of para-hydroxylation sites is 1. The van der Waals surface area contributed by atoms with Gasteiger partial charge in [-0.05, 0) is 11.6 Å². The molecule has 0 radical (unpaired) electrons. The Kier molecular flexibility index (Phi) is 5.02. The topological polar surface area (TPSA) is 82.2 Å². The summed E-state index contributed by atoms with van der Waals surface area (Å²) in [6.07, 6.45) is 2.73. The van der Waals surface area contributed by atoms with E-state index in [1.807, 2.05) is 0 Å². The number of hydrogen-bond acceptors (Lipinski definition) is 4. The van der Waals surface area contributed by atoms with Crippen molar-refractivity contribution in [1.82, 2.24) is 15.1 Å². The first kappa shape index (κ1) is 15.1. The Labute approximate surface area is 121 Å². The van der Waals surface area contributed by atoms with Gasteiger partial charge in [-0.1, -0.05) is 12.1 Å². The predicted molar refractivity (Wildman–Crippen MR) is 75.6 cm³/mol. The molecule has 1 amide bonds. The quantitative estimate of drug-likeness (QED) is 0.741. The molecule has 0 aliphatic heterocycles. The smallest absolute Gasteiger partial charge is 0.251 e. The molecule has 6 nitrogen and oxygen atoms in total. The molecule has 21 heavy (non-hydrogen) atoms. The van der Waals surface area contributed by atoms with E-state index in [9.17, 15) is 9.18 Å². The van der Waals surface area contributed by atoms with Crippen molar-refractivity contribution in [1.29, 1.82) is 0 Å². The number of hydrogen-bond donors (Lipinski definition) is 2. The lowest BCUT2D eigenvalue weighted by atomic mass is 10.1. The molecule has 1 aromatic heterocycles. The lowest BCUT2D eigenvalue weighted by molar-refractivity contribution is 0.100. The summed E-state index contributed by atoms with van der Waals surface area (Å²) in [5.41, 5.74) is 6.44. The third-order valence-corrected chi connectivity index (χ3v) is 2.96. The van der Waals surface area contributed by atoms with Gasteiger partial charge in [-0.25, -0.2) is 9.07 Å². The Balaban J connectivity index is 2.26. The van der Waals surface area contributed by atoms with Gasteiger partial charge in [0.25, 0.3) is 5.91 Å². The molecule has 0 spiro atoms. The zero-order valence-corrected chi connectivity index (χ0v) is 11.7. The van der Waals surface area contributed by atoms with E-state index in [2.05, 4.69) is 10.4 Å². The first-order chi connectivity index (χ1) is 10.1. The standard InChI is InChI=1S/C14H17FN4O2/c1-21-6-5-17-7-10-3-2-4-12(15)13(10)19-9-11(8-18-19)14(16)20/h2-4,8-9,17H,5-7H2,1H3,(H2,16,20). The molecule has 0 saturated carbocycles. The van der Waals surface area contributed by atoms with Crippen LogP contribution in [0.1, 0.15) is 15.9 Å². The highest BCUT2D eigenvalue weighted by Gasteiger charge is 2.13. The Morgan fingerprint density at radius 1 is 1.52 bits per heavy atom. The van der Waals surface area contributed by atoms with E-state index in [1.165, 1.54) is 23.1 Å². The Morgan fingerprint density at radius 3 is 3.00 bits per heavy atom. The van der Waals surface area contributed by atoms with Gasteiger partial charge in [-0.15, -0.1) is 0 Å². The van der Waals surface area contributed by atoms with Crippen LogP contribution >= 0.6 is 0 Å². The van der Waals surface area contributed by atoms with Crippen molar-refractivity contribution in [2.75, 3.05) is 20.3 Å². The van der Waals surface area contributed by atoms with Crippen LogP contribution in [0.25, 0.3) is 5.69 Å². The van der Waals surface area contributed by atoms with Gasteiger partial charge in [0.15, 0.2) is 0 Å². The molecule has 2 aromatic rings. The number of nitrogens with one attached hydrogen (secondary N) is 1. The molecule has 1 aromatic carbocycles. The zero-order chi connectivity index (χ0) is 15.2. The molecular weight excluding hydrogens is 275 g/mol. The molecular formula is C14H17FN4O2. The number of nitrogens with zero attached hydrogens (tertiary/aromatic N) is 2. The highest BCUT2D eigenvalue weighted by molar-refractivity contribution is 5.92. The van der Waals surface area contributed by atoms with E-state index in [0.717, 1.165) is 5.56 Å². The number of carbonyl (C=O) groups is 1. The van der Waals surface area contributed by atoms with E-state index < -0.39 is 11.7 Å². The largest absolute Gasteiger partial charge is 0.383 e. The van der Waals surface area contributed by atoms with Crippen LogP contribution in [0, 0.1) is 5.82 Å². The number of methoxy groups -OCH3 is 1. The Hall–Kier alpha value is -2.25. The van der Waals surface area contributed by atoms with Crippen LogP contribution in [-0.4, -0.2) is 35.9 Å². The molecule has 112 valence electrons. The van der Waals surface area contributed by atoms with Gasteiger partial charge in [0.1, 0.15) is 11.5 Å². The average Bonchev–Trinajstić information content (AvgIpc) is 2.93. The molecule has 0 bridgehead atoms. The maximum atomic E-state index is 14.1.